The van der Waals surface area contributed by atoms with E-state index in [0.717, 1.165) is 10.2 Å². The van der Waals surface area contributed by atoms with Crippen molar-refractivity contribution in [2.45, 2.75) is 31.7 Å². The Labute approximate surface area is 116 Å². The summed E-state index contributed by atoms with van der Waals surface area (Å²) in [6.45, 7) is 0. The number of benzene rings is 1. The van der Waals surface area contributed by atoms with Crippen molar-refractivity contribution in [2.75, 3.05) is 11.9 Å². The summed E-state index contributed by atoms with van der Waals surface area (Å²) in [6.07, 6.45) is 5.16. The van der Waals surface area contributed by atoms with Crippen LogP contribution in [0, 0.1) is 0 Å². The fourth-order valence-corrected chi connectivity index (χ4v) is 3.06. The lowest BCUT2D eigenvalue weighted by atomic mass is 10.1. The standard InChI is InChI=1S/C13H18BrN3O/c1-17(9-4-2-3-5-9)10-6-7-11(12(14)8-10)13(15)16-18/h6-9,18H,2-5H2,1H3,(H2,15,16). The molecule has 1 aromatic carbocycles. The molecule has 1 aliphatic rings. The molecular formula is C13H18BrN3O. The maximum absolute atomic E-state index is 8.70. The summed E-state index contributed by atoms with van der Waals surface area (Å²) in [7, 11) is 2.13. The molecule has 0 atom stereocenters. The normalized spacial score (nSPS) is 17.1. The number of hydrogen-bond donors (Lipinski definition) is 2. The number of nitrogens with zero attached hydrogens (tertiary/aromatic N) is 2. The molecule has 1 saturated carbocycles. The SMILES string of the molecule is CN(c1ccc(/C(N)=N/O)c(Br)c1)C1CCCC1. The quantitative estimate of drug-likeness (QED) is 0.390. The molecule has 1 aliphatic carbocycles. The van der Waals surface area contributed by atoms with E-state index in [1.165, 1.54) is 25.7 Å². The minimum atomic E-state index is 0.122. The zero-order valence-electron chi connectivity index (χ0n) is 10.4. The van der Waals surface area contributed by atoms with Crippen LogP contribution in [0.15, 0.2) is 27.8 Å². The van der Waals surface area contributed by atoms with Crippen molar-refractivity contribution in [1.29, 1.82) is 0 Å². The fraction of sp³-hybridized carbons (Fsp3) is 0.462. The highest BCUT2D eigenvalue weighted by Gasteiger charge is 2.20. The van der Waals surface area contributed by atoms with Crippen molar-refractivity contribution in [2.24, 2.45) is 10.9 Å². The van der Waals surface area contributed by atoms with Crippen LogP contribution < -0.4 is 10.6 Å². The van der Waals surface area contributed by atoms with E-state index in [0.29, 0.717) is 11.6 Å². The lowest BCUT2D eigenvalue weighted by Crippen LogP contribution is -2.28. The molecule has 0 spiro atoms. The Hall–Kier alpha value is -1.23. The average molecular weight is 312 g/mol. The monoisotopic (exact) mass is 311 g/mol. The van der Waals surface area contributed by atoms with Gasteiger partial charge in [0.15, 0.2) is 5.84 Å². The molecule has 98 valence electrons. The Morgan fingerprint density at radius 1 is 1.44 bits per heavy atom. The van der Waals surface area contributed by atoms with E-state index < -0.39 is 0 Å². The van der Waals surface area contributed by atoms with Gasteiger partial charge in [-0.2, -0.15) is 0 Å². The number of rotatable bonds is 3. The Bertz CT molecular complexity index is 456. The van der Waals surface area contributed by atoms with Crippen molar-refractivity contribution in [1.82, 2.24) is 0 Å². The van der Waals surface area contributed by atoms with Crippen LogP contribution in [0.3, 0.4) is 0 Å². The molecule has 0 aromatic heterocycles. The topological polar surface area (TPSA) is 61.8 Å². The lowest BCUT2D eigenvalue weighted by molar-refractivity contribution is 0.318. The zero-order chi connectivity index (χ0) is 13.1. The lowest BCUT2D eigenvalue weighted by Gasteiger charge is -2.27. The van der Waals surface area contributed by atoms with Crippen LogP contribution in [0.1, 0.15) is 31.2 Å². The summed E-state index contributed by atoms with van der Waals surface area (Å²) < 4.78 is 0.847. The molecule has 5 heteroatoms. The fourth-order valence-electron chi connectivity index (χ4n) is 2.49. The summed E-state index contributed by atoms with van der Waals surface area (Å²) in [5.74, 6) is 0.122. The van der Waals surface area contributed by atoms with Gasteiger partial charge < -0.3 is 15.8 Å². The van der Waals surface area contributed by atoms with Crippen LogP contribution in [-0.2, 0) is 0 Å². The molecule has 0 radical (unpaired) electrons. The zero-order valence-corrected chi connectivity index (χ0v) is 12.0. The highest BCUT2D eigenvalue weighted by Crippen LogP contribution is 2.29. The number of nitrogens with two attached hydrogens (primary N) is 1. The van der Waals surface area contributed by atoms with Gasteiger partial charge in [0.25, 0.3) is 0 Å². The maximum atomic E-state index is 8.70. The summed E-state index contributed by atoms with van der Waals surface area (Å²) in [5, 5.41) is 11.7. The van der Waals surface area contributed by atoms with Gasteiger partial charge in [0, 0.05) is 28.8 Å². The van der Waals surface area contributed by atoms with E-state index in [-0.39, 0.29) is 5.84 Å². The summed E-state index contributed by atoms with van der Waals surface area (Å²) in [6, 6.07) is 6.54. The molecule has 0 bridgehead atoms. The second kappa shape index (κ2) is 5.61. The molecule has 18 heavy (non-hydrogen) atoms. The summed E-state index contributed by atoms with van der Waals surface area (Å²) in [4.78, 5) is 2.31. The van der Waals surface area contributed by atoms with Crippen LogP contribution >= 0.6 is 15.9 Å². The van der Waals surface area contributed by atoms with Crippen LogP contribution in [0.4, 0.5) is 5.69 Å². The van der Waals surface area contributed by atoms with Crippen LogP contribution in [-0.4, -0.2) is 24.1 Å². The Kier molecular flexibility index (Phi) is 4.11. The van der Waals surface area contributed by atoms with Gasteiger partial charge in [-0.05, 0) is 47.0 Å². The molecule has 0 aliphatic heterocycles. The van der Waals surface area contributed by atoms with Gasteiger partial charge in [-0.25, -0.2) is 0 Å². The first kappa shape index (κ1) is 13.2. The number of oxime groups is 1. The van der Waals surface area contributed by atoms with E-state index in [2.05, 4.69) is 33.0 Å². The van der Waals surface area contributed by atoms with Crippen molar-refractivity contribution >= 4 is 27.5 Å². The van der Waals surface area contributed by atoms with Gasteiger partial charge in [0.2, 0.25) is 0 Å². The molecule has 1 aromatic rings. The van der Waals surface area contributed by atoms with Crippen LogP contribution in [0.25, 0.3) is 0 Å². The third-order valence-electron chi connectivity index (χ3n) is 3.62. The van der Waals surface area contributed by atoms with Gasteiger partial charge in [-0.3, -0.25) is 0 Å². The van der Waals surface area contributed by atoms with Gasteiger partial charge >= 0.3 is 0 Å². The Morgan fingerprint density at radius 3 is 2.67 bits per heavy atom. The maximum Gasteiger partial charge on any atom is 0.171 e. The van der Waals surface area contributed by atoms with E-state index in [4.69, 9.17) is 10.9 Å². The molecular weight excluding hydrogens is 294 g/mol. The average Bonchev–Trinajstić information content (AvgIpc) is 2.90. The highest BCUT2D eigenvalue weighted by molar-refractivity contribution is 9.10. The number of halogens is 1. The second-order valence-electron chi connectivity index (χ2n) is 4.70. The van der Waals surface area contributed by atoms with E-state index >= 15 is 0 Å². The minimum absolute atomic E-state index is 0.122. The predicted molar refractivity (Wildman–Crippen MR) is 77.3 cm³/mol. The smallest absolute Gasteiger partial charge is 0.171 e. The number of anilines is 1. The molecule has 0 saturated heterocycles. The second-order valence-corrected chi connectivity index (χ2v) is 5.55. The van der Waals surface area contributed by atoms with Crippen molar-refractivity contribution < 1.29 is 5.21 Å². The van der Waals surface area contributed by atoms with Crippen molar-refractivity contribution in [3.8, 4) is 0 Å². The molecule has 2 rings (SSSR count). The third-order valence-corrected chi connectivity index (χ3v) is 4.27. The molecule has 3 N–H and O–H groups in total. The van der Waals surface area contributed by atoms with Crippen LogP contribution in [0.2, 0.25) is 0 Å². The molecule has 0 heterocycles. The first-order chi connectivity index (χ1) is 8.63. The number of hydrogen-bond acceptors (Lipinski definition) is 3. The molecule has 1 fully saturated rings. The van der Waals surface area contributed by atoms with Gasteiger partial charge in [-0.15, -0.1) is 0 Å². The predicted octanol–water partition coefficient (Wildman–Crippen LogP) is 2.92. The van der Waals surface area contributed by atoms with E-state index in [1.54, 1.807) is 0 Å². The molecule has 4 nitrogen and oxygen atoms in total. The Morgan fingerprint density at radius 2 is 2.11 bits per heavy atom. The van der Waals surface area contributed by atoms with Crippen molar-refractivity contribution in [3.05, 3.63) is 28.2 Å². The van der Waals surface area contributed by atoms with Gasteiger partial charge in [-0.1, -0.05) is 18.0 Å². The van der Waals surface area contributed by atoms with E-state index in [9.17, 15) is 0 Å². The highest BCUT2D eigenvalue weighted by atomic mass is 79.9. The number of amidine groups is 1. The summed E-state index contributed by atoms with van der Waals surface area (Å²) in [5.41, 5.74) is 7.46. The summed E-state index contributed by atoms with van der Waals surface area (Å²) >= 11 is 3.47. The van der Waals surface area contributed by atoms with Gasteiger partial charge in [0.05, 0.1) is 0 Å². The third kappa shape index (κ3) is 2.61. The Balaban J connectivity index is 2.22. The first-order valence-corrected chi connectivity index (χ1v) is 6.93. The minimum Gasteiger partial charge on any atom is -0.409 e. The van der Waals surface area contributed by atoms with Crippen molar-refractivity contribution in [3.63, 3.8) is 0 Å². The molecule has 0 unspecified atom stereocenters. The largest absolute Gasteiger partial charge is 0.409 e. The van der Waals surface area contributed by atoms with Crippen LogP contribution in [0.5, 0.6) is 0 Å². The first-order valence-electron chi connectivity index (χ1n) is 6.13. The van der Waals surface area contributed by atoms with E-state index in [1.807, 2.05) is 18.2 Å². The molecule has 0 amide bonds. The van der Waals surface area contributed by atoms with Gasteiger partial charge in [0.1, 0.15) is 0 Å².